The molecular weight excluding hydrogens is 447 g/mol. The van der Waals surface area contributed by atoms with Crippen LogP contribution in [0.4, 0.5) is 26.6 Å². The molecule has 2 aromatic heterocycles. The first-order valence-electron chi connectivity index (χ1n) is 10.6. The number of nitrogen functional groups attached to an aromatic ring is 1. The Morgan fingerprint density at radius 3 is 2.73 bits per heavy atom. The number of nitrogens with one attached hydrogen (secondary N) is 1. The van der Waals surface area contributed by atoms with E-state index in [1.54, 1.807) is 23.2 Å². The van der Waals surface area contributed by atoms with Crippen molar-refractivity contribution in [1.29, 1.82) is 0 Å². The van der Waals surface area contributed by atoms with E-state index in [0.29, 0.717) is 54.8 Å². The van der Waals surface area contributed by atoms with Gasteiger partial charge in [-0.3, -0.25) is 0 Å². The molecule has 1 aliphatic rings. The van der Waals surface area contributed by atoms with E-state index in [1.165, 1.54) is 0 Å². The third-order valence-electron chi connectivity index (χ3n) is 5.26. The second-order valence-electron chi connectivity index (χ2n) is 7.52. The summed E-state index contributed by atoms with van der Waals surface area (Å²) in [5.41, 5.74) is 8.40. The van der Waals surface area contributed by atoms with E-state index in [-0.39, 0.29) is 18.6 Å². The summed E-state index contributed by atoms with van der Waals surface area (Å²) in [6, 6.07) is 6.88. The third kappa shape index (κ3) is 5.64. The van der Waals surface area contributed by atoms with Gasteiger partial charge in [-0.05, 0) is 35.7 Å². The Kier molecular flexibility index (Phi) is 7.13. The number of hydrogen-bond donors (Lipinski definition) is 2. The highest BCUT2D eigenvalue weighted by Crippen LogP contribution is 2.27. The average molecular weight is 473 g/mol. The second-order valence-corrected chi connectivity index (χ2v) is 8.05. The minimum atomic E-state index is -0.563. The zero-order valence-corrected chi connectivity index (χ0v) is 19.0. The van der Waals surface area contributed by atoms with Crippen LogP contribution >= 0.6 is 11.7 Å². The van der Waals surface area contributed by atoms with Gasteiger partial charge in [-0.1, -0.05) is 13.0 Å². The fourth-order valence-electron chi connectivity index (χ4n) is 3.54. The Hall–Kier alpha value is -3.54. The predicted molar refractivity (Wildman–Crippen MR) is 124 cm³/mol. The summed E-state index contributed by atoms with van der Waals surface area (Å²) in [6.07, 6.45) is 2.34. The van der Waals surface area contributed by atoms with Crippen molar-refractivity contribution in [1.82, 2.24) is 23.6 Å². The van der Waals surface area contributed by atoms with E-state index < -0.39 is 6.67 Å². The second kappa shape index (κ2) is 10.4. The lowest BCUT2D eigenvalue weighted by Gasteiger charge is -2.34. The van der Waals surface area contributed by atoms with Crippen molar-refractivity contribution in [2.45, 2.75) is 26.6 Å². The molecule has 0 atom stereocenters. The van der Waals surface area contributed by atoms with Crippen LogP contribution in [-0.4, -0.2) is 55.8 Å². The number of halogens is 1. The number of nitrogens with zero attached hydrogens (tertiary/aromatic N) is 6. The highest BCUT2D eigenvalue weighted by atomic mass is 32.1. The van der Waals surface area contributed by atoms with Crippen LogP contribution < -0.4 is 20.7 Å². The van der Waals surface area contributed by atoms with Crippen molar-refractivity contribution in [2.75, 3.05) is 42.1 Å². The molecule has 33 heavy (non-hydrogen) atoms. The molecule has 0 saturated carbocycles. The number of carbonyl (C=O) groups excluding carboxylic acids is 1. The summed E-state index contributed by atoms with van der Waals surface area (Å²) in [5.74, 6) is 1.25. The van der Waals surface area contributed by atoms with Gasteiger partial charge in [0, 0.05) is 38.1 Å². The number of ether oxygens (including phenoxy) is 1. The van der Waals surface area contributed by atoms with Crippen LogP contribution in [0.5, 0.6) is 5.88 Å². The molecule has 0 bridgehead atoms. The number of urea groups is 1. The quantitative estimate of drug-likeness (QED) is 0.538. The van der Waals surface area contributed by atoms with E-state index in [9.17, 15) is 9.18 Å². The zero-order chi connectivity index (χ0) is 23.2. The van der Waals surface area contributed by atoms with Crippen LogP contribution in [0.2, 0.25) is 0 Å². The Morgan fingerprint density at radius 2 is 2.00 bits per heavy atom. The molecule has 2 amide bonds. The third-order valence-corrected chi connectivity index (χ3v) is 5.77. The summed E-state index contributed by atoms with van der Waals surface area (Å²) < 4.78 is 27.5. The van der Waals surface area contributed by atoms with Gasteiger partial charge in [0.2, 0.25) is 11.8 Å². The number of alkyl halides is 1. The Labute approximate surface area is 194 Å². The van der Waals surface area contributed by atoms with Gasteiger partial charge < -0.3 is 25.6 Å². The minimum absolute atomic E-state index is 0.185. The van der Waals surface area contributed by atoms with Crippen LogP contribution in [0.15, 0.2) is 30.5 Å². The number of carbonyl (C=O) groups is 1. The average Bonchev–Trinajstić information content (AvgIpc) is 3.31. The van der Waals surface area contributed by atoms with Gasteiger partial charge in [0.1, 0.15) is 13.3 Å². The molecule has 1 aromatic carbocycles. The van der Waals surface area contributed by atoms with Gasteiger partial charge in [0.05, 0.1) is 17.4 Å². The number of anilines is 3. The summed E-state index contributed by atoms with van der Waals surface area (Å²) in [4.78, 5) is 24.5. The van der Waals surface area contributed by atoms with Crippen LogP contribution in [0.25, 0.3) is 0 Å². The molecule has 3 N–H and O–H groups in total. The fourth-order valence-corrected chi connectivity index (χ4v) is 4.06. The molecule has 12 heteroatoms. The SMILES string of the molecule is CCc1cc(CF)cc(NC(=O)N2CCN(c3nsnc3OCc3ccnc(N)n3)CC2)c1. The summed E-state index contributed by atoms with van der Waals surface area (Å²) >= 11 is 1.07. The first-order chi connectivity index (χ1) is 16.1. The highest BCUT2D eigenvalue weighted by Gasteiger charge is 2.25. The molecule has 1 saturated heterocycles. The van der Waals surface area contributed by atoms with Crippen molar-refractivity contribution in [3.63, 3.8) is 0 Å². The number of amides is 2. The maximum atomic E-state index is 13.1. The van der Waals surface area contributed by atoms with E-state index in [0.717, 1.165) is 23.7 Å². The number of hydrogen-bond acceptors (Lipinski definition) is 9. The Morgan fingerprint density at radius 1 is 1.21 bits per heavy atom. The predicted octanol–water partition coefficient (Wildman–Crippen LogP) is 2.88. The van der Waals surface area contributed by atoms with Gasteiger partial charge in [0.25, 0.3) is 5.88 Å². The van der Waals surface area contributed by atoms with Crippen LogP contribution in [0.1, 0.15) is 23.7 Å². The number of aryl methyl sites for hydroxylation is 1. The zero-order valence-electron chi connectivity index (χ0n) is 18.2. The molecule has 0 spiro atoms. The molecule has 1 fully saturated rings. The normalized spacial score (nSPS) is 13.8. The van der Waals surface area contributed by atoms with Crippen LogP contribution in [0.3, 0.4) is 0 Å². The maximum Gasteiger partial charge on any atom is 0.321 e. The molecule has 3 aromatic rings. The molecule has 0 aliphatic carbocycles. The van der Waals surface area contributed by atoms with Gasteiger partial charge in [-0.2, -0.15) is 4.37 Å². The standard InChI is InChI=1S/C21H25FN8O2S/c1-2-14-9-15(12-22)11-17(10-14)26-21(31)30-7-5-29(6-8-30)18-19(28-33-27-18)32-13-16-3-4-24-20(23)25-16/h3-4,9-11H,2,5-8,12-13H2,1H3,(H,26,31)(H2,23,24,25). The van der Waals surface area contributed by atoms with Crippen molar-refractivity contribution in [2.24, 2.45) is 0 Å². The lowest BCUT2D eigenvalue weighted by atomic mass is 10.1. The van der Waals surface area contributed by atoms with Gasteiger partial charge in [-0.25, -0.2) is 19.2 Å². The van der Waals surface area contributed by atoms with Gasteiger partial charge >= 0.3 is 6.03 Å². The number of rotatable bonds is 7. The lowest BCUT2D eigenvalue weighted by Crippen LogP contribution is -2.50. The largest absolute Gasteiger partial charge is 0.468 e. The first-order valence-corrected chi connectivity index (χ1v) is 11.3. The lowest BCUT2D eigenvalue weighted by molar-refractivity contribution is 0.208. The van der Waals surface area contributed by atoms with E-state index in [1.807, 2.05) is 24.0 Å². The molecular formula is C21H25FN8O2S. The fraction of sp³-hybridized carbons (Fsp3) is 0.381. The maximum absolute atomic E-state index is 13.1. The van der Waals surface area contributed by atoms with E-state index in [4.69, 9.17) is 10.5 Å². The molecule has 174 valence electrons. The van der Waals surface area contributed by atoms with E-state index in [2.05, 4.69) is 24.0 Å². The van der Waals surface area contributed by atoms with Crippen molar-refractivity contribution in [3.05, 3.63) is 47.3 Å². The summed E-state index contributed by atoms with van der Waals surface area (Å²) in [6.45, 7) is 3.82. The van der Waals surface area contributed by atoms with Crippen molar-refractivity contribution < 1.29 is 13.9 Å². The monoisotopic (exact) mass is 472 g/mol. The topological polar surface area (TPSA) is 122 Å². The Balaban J connectivity index is 1.33. The Bertz CT molecular complexity index is 1080. The number of nitrogens with two attached hydrogens (primary N) is 1. The number of benzene rings is 1. The molecule has 4 rings (SSSR count). The van der Waals surface area contributed by atoms with Crippen LogP contribution in [-0.2, 0) is 19.7 Å². The van der Waals surface area contributed by atoms with E-state index >= 15 is 0 Å². The van der Waals surface area contributed by atoms with Crippen molar-refractivity contribution in [3.8, 4) is 5.88 Å². The molecule has 1 aliphatic heterocycles. The first kappa shape index (κ1) is 22.6. The minimum Gasteiger partial charge on any atom is -0.468 e. The van der Waals surface area contributed by atoms with Gasteiger partial charge in [-0.15, -0.1) is 4.37 Å². The molecule has 0 radical (unpaired) electrons. The van der Waals surface area contributed by atoms with Crippen LogP contribution in [0, 0.1) is 0 Å². The summed E-state index contributed by atoms with van der Waals surface area (Å²) in [7, 11) is 0. The molecule has 10 nitrogen and oxygen atoms in total. The van der Waals surface area contributed by atoms with Crippen molar-refractivity contribution >= 4 is 35.2 Å². The smallest absolute Gasteiger partial charge is 0.321 e. The van der Waals surface area contributed by atoms with Gasteiger partial charge in [0.15, 0.2) is 0 Å². The molecule has 3 heterocycles. The number of piperazine rings is 1. The molecule has 0 unspecified atom stereocenters. The summed E-state index contributed by atoms with van der Waals surface area (Å²) in [5, 5.41) is 2.89. The highest BCUT2D eigenvalue weighted by molar-refractivity contribution is 6.99. The number of aromatic nitrogens is 4.